The monoisotopic (exact) mass is 289 g/mol. The number of aliphatic carboxylic acids is 1. The Bertz CT molecular complexity index is 466. The van der Waals surface area contributed by atoms with Crippen molar-refractivity contribution in [3.8, 4) is 0 Å². The van der Waals surface area contributed by atoms with Gasteiger partial charge in [-0.25, -0.2) is 0 Å². The molecule has 1 aromatic carbocycles. The first kappa shape index (κ1) is 14.8. The number of carbonyl (C=O) groups is 1. The Kier molecular flexibility index (Phi) is 5.43. The van der Waals surface area contributed by atoms with Crippen molar-refractivity contribution in [2.24, 2.45) is 5.92 Å². The first-order valence-corrected chi connectivity index (χ1v) is 6.68. The number of nitrogens with zero attached hydrogens (tertiary/aromatic N) is 1. The Balaban J connectivity index is 2.58. The zero-order valence-corrected chi connectivity index (χ0v) is 11.2. The molecule has 5 nitrogen and oxygen atoms in total. The Morgan fingerprint density at radius 2 is 2.28 bits per heavy atom. The third kappa shape index (κ3) is 4.19. The van der Waals surface area contributed by atoms with Crippen molar-refractivity contribution in [2.45, 2.75) is 12.7 Å². The highest BCUT2D eigenvalue weighted by molar-refractivity contribution is 7.98. The lowest BCUT2D eigenvalue weighted by molar-refractivity contribution is -0.384. The van der Waals surface area contributed by atoms with Gasteiger partial charge in [0, 0.05) is 23.6 Å². The van der Waals surface area contributed by atoms with Gasteiger partial charge in [-0.15, -0.1) is 0 Å². The quantitative estimate of drug-likeness (QED) is 0.642. The standard InChI is InChI=1S/C11H12ClNO4S/c1-7(11(14)15)5-18-6-8-2-3-9(13(16)17)4-10(8)12/h2-4,7H,5-6H2,1H3,(H,14,15). The number of hydrogen-bond acceptors (Lipinski definition) is 4. The Morgan fingerprint density at radius 3 is 2.78 bits per heavy atom. The number of nitro groups is 1. The van der Waals surface area contributed by atoms with E-state index in [0.717, 1.165) is 5.56 Å². The topological polar surface area (TPSA) is 80.4 Å². The molecule has 0 aliphatic rings. The third-order valence-corrected chi connectivity index (χ3v) is 3.90. The summed E-state index contributed by atoms with van der Waals surface area (Å²) in [5, 5.41) is 19.6. The van der Waals surface area contributed by atoms with E-state index in [9.17, 15) is 14.9 Å². The van der Waals surface area contributed by atoms with E-state index in [1.54, 1.807) is 13.0 Å². The summed E-state index contributed by atoms with van der Waals surface area (Å²) in [6, 6.07) is 4.29. The molecule has 0 heterocycles. The molecule has 18 heavy (non-hydrogen) atoms. The Morgan fingerprint density at radius 1 is 1.61 bits per heavy atom. The number of non-ortho nitro benzene ring substituents is 1. The van der Waals surface area contributed by atoms with Crippen LogP contribution in [0.5, 0.6) is 0 Å². The van der Waals surface area contributed by atoms with Gasteiger partial charge in [-0.3, -0.25) is 14.9 Å². The summed E-state index contributed by atoms with van der Waals surface area (Å²) in [5.41, 5.74) is 0.720. The van der Waals surface area contributed by atoms with Gasteiger partial charge in [0.2, 0.25) is 0 Å². The number of thioether (sulfide) groups is 1. The predicted molar refractivity (Wildman–Crippen MR) is 71.1 cm³/mol. The van der Waals surface area contributed by atoms with Crippen LogP contribution in [-0.2, 0) is 10.5 Å². The molecule has 0 spiro atoms. The van der Waals surface area contributed by atoms with Gasteiger partial charge in [0.1, 0.15) is 0 Å². The first-order valence-electron chi connectivity index (χ1n) is 5.15. The average molecular weight is 290 g/mol. The molecule has 0 aliphatic carbocycles. The summed E-state index contributed by atoms with van der Waals surface area (Å²) in [4.78, 5) is 20.6. The van der Waals surface area contributed by atoms with Crippen molar-refractivity contribution in [3.05, 3.63) is 38.9 Å². The number of nitro benzene ring substituents is 1. The second-order valence-corrected chi connectivity index (χ2v) is 5.22. The number of hydrogen-bond donors (Lipinski definition) is 1. The van der Waals surface area contributed by atoms with Crippen LogP contribution in [0.25, 0.3) is 0 Å². The number of rotatable bonds is 6. The van der Waals surface area contributed by atoms with Crippen LogP contribution >= 0.6 is 23.4 Å². The summed E-state index contributed by atoms with van der Waals surface area (Å²) in [6.45, 7) is 1.63. The lowest BCUT2D eigenvalue weighted by atomic mass is 10.2. The zero-order valence-electron chi connectivity index (χ0n) is 9.63. The molecule has 0 amide bonds. The van der Waals surface area contributed by atoms with Gasteiger partial charge >= 0.3 is 5.97 Å². The second-order valence-electron chi connectivity index (χ2n) is 3.79. The molecular formula is C11H12ClNO4S. The molecule has 98 valence electrons. The summed E-state index contributed by atoms with van der Waals surface area (Å²) >= 11 is 7.35. The molecular weight excluding hydrogens is 278 g/mol. The normalized spacial score (nSPS) is 12.1. The Hall–Kier alpha value is -1.27. The molecule has 7 heteroatoms. The Labute approximate surface area is 113 Å². The molecule has 0 radical (unpaired) electrons. The van der Waals surface area contributed by atoms with Crippen molar-refractivity contribution >= 4 is 35.0 Å². The van der Waals surface area contributed by atoms with Crippen molar-refractivity contribution in [1.29, 1.82) is 0 Å². The molecule has 0 aliphatic heterocycles. The third-order valence-electron chi connectivity index (χ3n) is 2.29. The van der Waals surface area contributed by atoms with E-state index in [-0.39, 0.29) is 5.69 Å². The maximum Gasteiger partial charge on any atom is 0.307 e. The summed E-state index contributed by atoms with van der Waals surface area (Å²) in [7, 11) is 0. The molecule has 0 fully saturated rings. The zero-order chi connectivity index (χ0) is 13.7. The van der Waals surface area contributed by atoms with Gasteiger partial charge in [-0.05, 0) is 11.6 Å². The minimum atomic E-state index is -0.836. The second kappa shape index (κ2) is 6.61. The van der Waals surface area contributed by atoms with Crippen LogP contribution in [0.1, 0.15) is 12.5 Å². The predicted octanol–water partition coefficient (Wildman–Crippen LogP) is 3.20. The van der Waals surface area contributed by atoms with E-state index in [1.807, 2.05) is 0 Å². The summed E-state index contributed by atoms with van der Waals surface area (Å²) in [5.74, 6) is -0.249. The first-order chi connectivity index (χ1) is 8.41. The van der Waals surface area contributed by atoms with Gasteiger partial charge < -0.3 is 5.11 Å². The summed E-state index contributed by atoms with van der Waals surface area (Å²) < 4.78 is 0. The van der Waals surface area contributed by atoms with Crippen molar-refractivity contribution < 1.29 is 14.8 Å². The largest absolute Gasteiger partial charge is 0.481 e. The van der Waals surface area contributed by atoms with Crippen LogP contribution in [0, 0.1) is 16.0 Å². The SMILES string of the molecule is CC(CSCc1ccc([N+](=O)[O-])cc1Cl)C(=O)O. The maximum atomic E-state index is 10.6. The molecule has 0 bridgehead atoms. The molecule has 0 aromatic heterocycles. The van der Waals surface area contributed by atoms with Crippen LogP contribution in [0.15, 0.2) is 18.2 Å². The average Bonchev–Trinajstić information content (AvgIpc) is 2.30. The van der Waals surface area contributed by atoms with E-state index in [2.05, 4.69) is 0 Å². The van der Waals surface area contributed by atoms with Crippen molar-refractivity contribution in [1.82, 2.24) is 0 Å². The van der Waals surface area contributed by atoms with Crippen LogP contribution < -0.4 is 0 Å². The van der Waals surface area contributed by atoms with Crippen molar-refractivity contribution in [2.75, 3.05) is 5.75 Å². The highest BCUT2D eigenvalue weighted by Crippen LogP contribution is 2.26. The van der Waals surface area contributed by atoms with Gasteiger partial charge in [0.05, 0.1) is 15.9 Å². The van der Waals surface area contributed by atoms with Gasteiger partial charge in [0.25, 0.3) is 5.69 Å². The highest BCUT2D eigenvalue weighted by atomic mass is 35.5. The van der Waals surface area contributed by atoms with Crippen LogP contribution in [0.4, 0.5) is 5.69 Å². The van der Waals surface area contributed by atoms with Crippen LogP contribution in [0.3, 0.4) is 0 Å². The van der Waals surface area contributed by atoms with Crippen LogP contribution in [-0.4, -0.2) is 21.8 Å². The fourth-order valence-corrected chi connectivity index (χ4v) is 2.59. The number of halogens is 1. The number of carboxylic acid groups (broad SMARTS) is 1. The van der Waals surface area contributed by atoms with Gasteiger partial charge in [-0.1, -0.05) is 18.5 Å². The van der Waals surface area contributed by atoms with E-state index < -0.39 is 16.8 Å². The molecule has 1 N–H and O–H groups in total. The van der Waals surface area contributed by atoms with Gasteiger partial charge in [-0.2, -0.15) is 11.8 Å². The van der Waals surface area contributed by atoms with E-state index in [4.69, 9.17) is 16.7 Å². The molecule has 0 saturated heterocycles. The van der Waals surface area contributed by atoms with Crippen LogP contribution in [0.2, 0.25) is 5.02 Å². The number of carboxylic acids is 1. The lowest BCUT2D eigenvalue weighted by Crippen LogP contribution is -2.11. The maximum absolute atomic E-state index is 10.6. The van der Waals surface area contributed by atoms with E-state index in [0.29, 0.717) is 16.5 Å². The van der Waals surface area contributed by atoms with E-state index in [1.165, 1.54) is 23.9 Å². The smallest absolute Gasteiger partial charge is 0.307 e. The van der Waals surface area contributed by atoms with Crippen molar-refractivity contribution in [3.63, 3.8) is 0 Å². The number of benzene rings is 1. The molecule has 1 aromatic rings. The molecule has 1 rings (SSSR count). The fourth-order valence-electron chi connectivity index (χ4n) is 1.18. The molecule has 1 atom stereocenters. The lowest BCUT2D eigenvalue weighted by Gasteiger charge is -2.07. The molecule has 1 unspecified atom stereocenters. The molecule has 0 saturated carbocycles. The van der Waals surface area contributed by atoms with Gasteiger partial charge in [0.15, 0.2) is 0 Å². The minimum absolute atomic E-state index is 0.0485. The fraction of sp³-hybridized carbons (Fsp3) is 0.364. The minimum Gasteiger partial charge on any atom is -0.481 e. The summed E-state index contributed by atoms with van der Waals surface area (Å²) in [6.07, 6.45) is 0. The highest BCUT2D eigenvalue weighted by Gasteiger charge is 2.12. The van der Waals surface area contributed by atoms with E-state index >= 15 is 0 Å².